The molecule has 0 radical (unpaired) electrons. The number of allylic oxidation sites excluding steroid dienone is 1. The first-order valence-corrected chi connectivity index (χ1v) is 15.2. The number of aromatic nitrogens is 2. The lowest BCUT2D eigenvalue weighted by Crippen LogP contribution is -2.43. The van der Waals surface area contributed by atoms with Crippen LogP contribution in [0.5, 0.6) is 11.5 Å². The summed E-state index contributed by atoms with van der Waals surface area (Å²) in [5.41, 5.74) is 15.3. The number of hydrogen-bond donors (Lipinski definition) is 0. The monoisotopic (exact) mass is 572 g/mol. The van der Waals surface area contributed by atoms with Crippen molar-refractivity contribution in [1.82, 2.24) is 0 Å². The summed E-state index contributed by atoms with van der Waals surface area (Å²) in [4.78, 5) is 0. The van der Waals surface area contributed by atoms with Gasteiger partial charge in [-0.15, -0.1) is 0 Å². The van der Waals surface area contributed by atoms with Crippen LogP contribution in [-0.2, 0) is 11.8 Å². The van der Waals surface area contributed by atoms with Gasteiger partial charge in [-0.3, -0.25) is 0 Å². The van der Waals surface area contributed by atoms with E-state index < -0.39 is 0 Å². The molecule has 0 saturated heterocycles. The Morgan fingerprint density at radius 2 is 1.32 bits per heavy atom. The predicted molar refractivity (Wildman–Crippen MR) is 175 cm³/mol. The van der Waals surface area contributed by atoms with Crippen molar-refractivity contribution in [3.63, 3.8) is 0 Å². The molecule has 1 aliphatic carbocycles. The second kappa shape index (κ2) is 8.90. The van der Waals surface area contributed by atoms with Crippen LogP contribution in [0.3, 0.4) is 0 Å². The number of ether oxygens (including phenoxy) is 2. The predicted octanol–water partition coefficient (Wildman–Crippen LogP) is 7.82. The Morgan fingerprint density at radius 3 is 2.11 bits per heavy atom. The van der Waals surface area contributed by atoms with Crippen molar-refractivity contribution in [2.45, 2.75) is 25.7 Å². The van der Waals surface area contributed by atoms with Crippen molar-refractivity contribution in [3.05, 3.63) is 132 Å². The maximum Gasteiger partial charge on any atom is 0.287 e. The smallest absolute Gasteiger partial charge is 0.287 e. The summed E-state index contributed by atoms with van der Waals surface area (Å²) in [5.74, 6) is 1.51. The Bertz CT molecular complexity index is 2260. The van der Waals surface area contributed by atoms with E-state index in [0.29, 0.717) is 0 Å². The van der Waals surface area contributed by atoms with E-state index in [-0.39, 0.29) is 5.41 Å². The van der Waals surface area contributed by atoms with Gasteiger partial charge in [0.25, 0.3) is 11.4 Å². The highest BCUT2D eigenvalue weighted by molar-refractivity contribution is 6.01. The summed E-state index contributed by atoms with van der Waals surface area (Å²) in [6.45, 7) is 4.72. The topological polar surface area (TPSA) is 26.2 Å². The lowest BCUT2D eigenvalue weighted by molar-refractivity contribution is -0.597. The zero-order valence-corrected chi connectivity index (χ0v) is 25.3. The van der Waals surface area contributed by atoms with Gasteiger partial charge in [0.1, 0.15) is 0 Å². The number of nitrogens with zero attached hydrogens (tertiary/aromatic N) is 2. The Morgan fingerprint density at radius 1 is 0.614 bits per heavy atom. The van der Waals surface area contributed by atoms with Crippen LogP contribution in [0.25, 0.3) is 55.8 Å². The summed E-state index contributed by atoms with van der Waals surface area (Å²) in [7, 11) is 3.41. The third-order valence-corrected chi connectivity index (χ3v) is 9.98. The van der Waals surface area contributed by atoms with Crippen molar-refractivity contribution in [1.29, 1.82) is 0 Å². The zero-order chi connectivity index (χ0) is 29.7. The number of pyridine rings is 2. The molecule has 4 heteroatoms. The molecule has 9 rings (SSSR count). The molecule has 4 heterocycles. The van der Waals surface area contributed by atoms with Gasteiger partial charge in [0.15, 0.2) is 23.9 Å². The average Bonchev–Trinajstić information content (AvgIpc) is 3.50. The molecule has 2 aromatic heterocycles. The van der Waals surface area contributed by atoms with E-state index in [4.69, 9.17) is 9.47 Å². The molecule has 212 valence electrons. The second-order valence-corrected chi connectivity index (χ2v) is 12.5. The second-order valence-electron chi connectivity index (χ2n) is 12.5. The van der Waals surface area contributed by atoms with Gasteiger partial charge in [0.2, 0.25) is 11.4 Å². The van der Waals surface area contributed by atoms with E-state index >= 15 is 0 Å². The van der Waals surface area contributed by atoms with Crippen LogP contribution in [0.15, 0.2) is 109 Å². The lowest BCUT2D eigenvalue weighted by Gasteiger charge is -2.24. The van der Waals surface area contributed by atoms with Crippen LogP contribution >= 0.6 is 0 Å². The minimum Gasteiger partial charge on any atom is -0.493 e. The van der Waals surface area contributed by atoms with Crippen molar-refractivity contribution in [3.8, 4) is 45.1 Å². The van der Waals surface area contributed by atoms with Gasteiger partial charge in [-0.25, -0.2) is 0 Å². The third kappa shape index (κ3) is 3.23. The van der Waals surface area contributed by atoms with E-state index in [1.807, 2.05) is 0 Å². The molecule has 4 nitrogen and oxygen atoms in total. The Hall–Kier alpha value is -5.22. The van der Waals surface area contributed by atoms with Gasteiger partial charge in [-0.05, 0) is 81.1 Å². The van der Waals surface area contributed by atoms with Crippen LogP contribution < -0.4 is 18.6 Å². The molecule has 0 amide bonds. The maximum atomic E-state index is 5.75. The van der Waals surface area contributed by atoms with Gasteiger partial charge < -0.3 is 9.47 Å². The first-order valence-electron chi connectivity index (χ1n) is 15.2. The summed E-state index contributed by atoms with van der Waals surface area (Å²) < 4.78 is 16.2. The summed E-state index contributed by atoms with van der Waals surface area (Å²) >= 11 is 0. The molecule has 3 aliphatic rings. The average molecular weight is 573 g/mol. The minimum absolute atomic E-state index is 0.195. The number of benzene rings is 4. The van der Waals surface area contributed by atoms with Crippen molar-refractivity contribution < 1.29 is 18.6 Å². The van der Waals surface area contributed by atoms with Crippen molar-refractivity contribution in [2.24, 2.45) is 0 Å². The molecule has 44 heavy (non-hydrogen) atoms. The van der Waals surface area contributed by atoms with Gasteiger partial charge in [-0.2, -0.15) is 9.13 Å². The zero-order valence-electron chi connectivity index (χ0n) is 25.3. The highest BCUT2D eigenvalue weighted by Gasteiger charge is 2.45. The molecular formula is C40H32N2O2+2. The minimum atomic E-state index is -0.195. The van der Waals surface area contributed by atoms with Crippen molar-refractivity contribution in [2.75, 3.05) is 14.2 Å². The fraction of sp³-hybridized carbons (Fsp3) is 0.150. The summed E-state index contributed by atoms with van der Waals surface area (Å²) in [6.07, 6.45) is 5.30. The summed E-state index contributed by atoms with van der Waals surface area (Å²) in [5, 5.41) is 2.37. The fourth-order valence-electron chi connectivity index (χ4n) is 8.00. The third-order valence-electron chi connectivity index (χ3n) is 9.98. The number of hydrogen-bond acceptors (Lipinski definition) is 2. The van der Waals surface area contributed by atoms with Crippen LogP contribution in [0.2, 0.25) is 0 Å². The molecule has 0 unspecified atom stereocenters. The standard InChI is InChI=1S/C40H32N2O2/c1-40(2)32-22-30-31(21-29(32)27-16-15-25-20-36(43-3)37(44-4)23-28(25)38(27)40)39(42-18-10-8-14-34(30)42)35-19-24-11-5-6-12-26(24)33-13-7-9-17-41(33)35/h5-18,20-23H,19H2,1-4H3/q+2/b39-35+. The molecule has 0 bridgehead atoms. The molecule has 2 aliphatic heterocycles. The molecule has 6 aromatic rings. The van der Waals surface area contributed by atoms with Crippen molar-refractivity contribution >= 4 is 22.2 Å². The molecule has 0 spiro atoms. The van der Waals surface area contributed by atoms with E-state index in [1.165, 1.54) is 72.7 Å². The first kappa shape index (κ1) is 25.3. The molecular weight excluding hydrogens is 540 g/mol. The summed E-state index contributed by atoms with van der Waals surface area (Å²) in [6, 6.07) is 35.6. The van der Waals surface area contributed by atoms with Gasteiger partial charge in [0, 0.05) is 29.7 Å². The van der Waals surface area contributed by atoms with E-state index in [9.17, 15) is 0 Å². The highest BCUT2D eigenvalue weighted by atomic mass is 16.5. The maximum absolute atomic E-state index is 5.75. The number of methoxy groups -OCH3 is 2. The Balaban J connectivity index is 1.34. The van der Waals surface area contributed by atoms with Crippen LogP contribution in [0.1, 0.15) is 36.1 Å². The molecule has 0 fully saturated rings. The van der Waals surface area contributed by atoms with Crippen LogP contribution in [-0.4, -0.2) is 14.2 Å². The SMILES string of the molecule is COc1cc2ccc3c(c2cc1OC)C(C)(C)c1cc2c(cc1-3)/C(=C1/Cc3ccccc3-c3cccc[n+]31)[n+]1ccccc1-2. The largest absolute Gasteiger partial charge is 0.493 e. The van der Waals surface area contributed by atoms with E-state index in [0.717, 1.165) is 23.3 Å². The number of fused-ring (bicyclic) bond motifs is 11. The Labute approximate surface area is 257 Å². The van der Waals surface area contributed by atoms with Gasteiger partial charge in [-0.1, -0.05) is 44.2 Å². The number of rotatable bonds is 2. The highest BCUT2D eigenvalue weighted by Crippen LogP contribution is 2.55. The van der Waals surface area contributed by atoms with Gasteiger partial charge in [0.05, 0.1) is 37.3 Å². The van der Waals surface area contributed by atoms with E-state index in [1.54, 1.807) is 14.2 Å². The molecule has 0 atom stereocenters. The first-order chi connectivity index (χ1) is 21.5. The molecule has 4 aromatic carbocycles. The quantitative estimate of drug-likeness (QED) is 0.198. The molecule has 0 N–H and O–H groups in total. The molecule has 0 saturated carbocycles. The lowest BCUT2D eigenvalue weighted by atomic mass is 9.79. The normalized spacial score (nSPS) is 16.5. The fourth-order valence-corrected chi connectivity index (χ4v) is 8.00. The van der Waals surface area contributed by atoms with Crippen LogP contribution in [0, 0.1) is 0 Å². The van der Waals surface area contributed by atoms with Crippen LogP contribution in [0.4, 0.5) is 0 Å². The van der Waals surface area contributed by atoms with E-state index in [2.05, 4.69) is 132 Å². The van der Waals surface area contributed by atoms with Gasteiger partial charge >= 0.3 is 0 Å². The Kier molecular flexibility index (Phi) is 5.12.